The second-order valence-electron chi connectivity index (χ2n) is 3.64. The molecule has 0 aliphatic carbocycles. The first-order valence-corrected chi connectivity index (χ1v) is 6.02. The van der Waals surface area contributed by atoms with E-state index in [1.807, 2.05) is 36.4 Å². The molecule has 2 heterocycles. The van der Waals surface area contributed by atoms with E-state index in [4.69, 9.17) is 0 Å². The lowest BCUT2D eigenvalue weighted by Crippen LogP contribution is -2.04. The summed E-state index contributed by atoms with van der Waals surface area (Å²) in [5.74, 6) is 1.54. The molecule has 0 saturated heterocycles. The van der Waals surface area contributed by atoms with Crippen LogP contribution in [0.15, 0.2) is 58.8 Å². The van der Waals surface area contributed by atoms with Gasteiger partial charge in [0.05, 0.1) is 13.1 Å². The van der Waals surface area contributed by atoms with Gasteiger partial charge >= 0.3 is 0 Å². The number of aliphatic imine (C=N–C) groups is 2. The Morgan fingerprint density at radius 1 is 1.00 bits per heavy atom. The number of aromatic nitrogens is 2. The highest BCUT2D eigenvalue weighted by Gasteiger charge is 1.87. The molecule has 0 bridgehead atoms. The zero-order chi connectivity index (χ0) is 13.2. The van der Waals surface area contributed by atoms with Crippen LogP contribution in [0, 0.1) is 0 Å². The van der Waals surface area contributed by atoms with Gasteiger partial charge in [-0.1, -0.05) is 12.1 Å². The normalized spacial score (nSPS) is 11.2. The molecule has 0 unspecified atom stereocenters. The number of hydrogen-bond donors (Lipinski definition) is 1. The summed E-state index contributed by atoms with van der Waals surface area (Å²) < 4.78 is 0. The van der Waals surface area contributed by atoms with Crippen molar-refractivity contribution in [2.45, 2.75) is 0 Å². The summed E-state index contributed by atoms with van der Waals surface area (Å²) in [4.78, 5) is 16.6. The first-order chi connectivity index (χ1) is 9.45. The maximum absolute atomic E-state index is 4.21. The largest absolute Gasteiger partial charge is 0.365 e. The second-order valence-corrected chi connectivity index (χ2v) is 3.64. The van der Waals surface area contributed by atoms with Crippen LogP contribution in [-0.4, -0.2) is 35.5 Å². The molecule has 96 valence electrons. The molecular weight excluding hydrogens is 238 g/mol. The minimum Gasteiger partial charge on any atom is -0.365 e. The van der Waals surface area contributed by atoms with Crippen molar-refractivity contribution in [2.75, 3.05) is 18.4 Å². The van der Waals surface area contributed by atoms with Crippen LogP contribution in [0.25, 0.3) is 0 Å². The van der Waals surface area contributed by atoms with Gasteiger partial charge < -0.3 is 5.32 Å². The Kier molecular flexibility index (Phi) is 5.23. The van der Waals surface area contributed by atoms with E-state index < -0.39 is 0 Å². The Labute approximate surface area is 112 Å². The Morgan fingerprint density at radius 3 is 2.58 bits per heavy atom. The highest BCUT2D eigenvalue weighted by molar-refractivity contribution is 5.69. The topological polar surface area (TPSA) is 62.5 Å². The van der Waals surface area contributed by atoms with Crippen molar-refractivity contribution in [3.8, 4) is 0 Å². The molecule has 0 aliphatic rings. The molecule has 0 saturated carbocycles. The lowest BCUT2D eigenvalue weighted by molar-refractivity contribution is 1.23. The van der Waals surface area contributed by atoms with Crippen LogP contribution < -0.4 is 5.32 Å². The molecule has 1 N–H and O–H groups in total. The predicted octanol–water partition coefficient (Wildman–Crippen LogP) is 2.36. The fourth-order valence-corrected chi connectivity index (χ4v) is 1.37. The third-order valence-electron chi connectivity index (χ3n) is 2.23. The highest BCUT2D eigenvalue weighted by atomic mass is 15.0. The van der Waals surface area contributed by atoms with Crippen LogP contribution in [-0.2, 0) is 0 Å². The van der Waals surface area contributed by atoms with E-state index in [0.29, 0.717) is 18.9 Å². The first kappa shape index (κ1) is 12.9. The minimum absolute atomic E-state index is 0.542. The van der Waals surface area contributed by atoms with Crippen LogP contribution in [0.1, 0.15) is 0 Å². The molecule has 0 radical (unpaired) electrons. The van der Waals surface area contributed by atoms with Crippen LogP contribution in [0.5, 0.6) is 0 Å². The van der Waals surface area contributed by atoms with Crippen molar-refractivity contribution in [1.82, 2.24) is 9.97 Å². The summed E-state index contributed by atoms with van der Waals surface area (Å²) in [6.07, 6.45) is 7.00. The van der Waals surface area contributed by atoms with E-state index in [2.05, 4.69) is 25.3 Å². The number of nitrogens with zero attached hydrogens (tertiary/aromatic N) is 4. The fraction of sp³-hybridized carbons (Fsp3) is 0.143. The van der Waals surface area contributed by atoms with E-state index in [9.17, 15) is 0 Å². The van der Waals surface area contributed by atoms with Crippen molar-refractivity contribution in [2.24, 2.45) is 9.98 Å². The van der Waals surface area contributed by atoms with Crippen molar-refractivity contribution in [1.29, 1.82) is 0 Å². The van der Waals surface area contributed by atoms with Crippen LogP contribution >= 0.6 is 0 Å². The molecule has 19 heavy (non-hydrogen) atoms. The van der Waals surface area contributed by atoms with Crippen molar-refractivity contribution in [3.63, 3.8) is 0 Å². The van der Waals surface area contributed by atoms with Gasteiger partial charge in [0, 0.05) is 24.8 Å². The third-order valence-corrected chi connectivity index (χ3v) is 2.23. The molecule has 0 aliphatic heterocycles. The summed E-state index contributed by atoms with van der Waals surface area (Å²) in [5.41, 5.74) is 0. The van der Waals surface area contributed by atoms with Gasteiger partial charge in [0.25, 0.3) is 0 Å². The van der Waals surface area contributed by atoms with Gasteiger partial charge in [-0.15, -0.1) is 0 Å². The van der Waals surface area contributed by atoms with E-state index in [-0.39, 0.29) is 0 Å². The number of rotatable bonds is 6. The SMILES string of the molecule is C(CNc1ccccn1)=NCC=Nc1ccccn1. The molecule has 2 rings (SSSR count). The molecule has 0 atom stereocenters. The van der Waals surface area contributed by atoms with Gasteiger partial charge in [-0.25, -0.2) is 15.0 Å². The Morgan fingerprint density at radius 2 is 1.84 bits per heavy atom. The van der Waals surface area contributed by atoms with Gasteiger partial charge in [-0.05, 0) is 24.3 Å². The first-order valence-electron chi connectivity index (χ1n) is 6.02. The molecule has 0 amide bonds. The number of pyridine rings is 2. The standard InChI is InChI=1S/C14H15N5/c1-3-7-16-13(5-1)18-11-9-15-10-12-19-14-6-2-4-8-17-14/h1-9,12H,10-11H2,(H,16,18). The highest BCUT2D eigenvalue weighted by Crippen LogP contribution is 2.02. The molecule has 0 fully saturated rings. The van der Waals surface area contributed by atoms with Crippen molar-refractivity contribution < 1.29 is 0 Å². The lowest BCUT2D eigenvalue weighted by Gasteiger charge is -1.99. The maximum Gasteiger partial charge on any atom is 0.151 e. The monoisotopic (exact) mass is 253 g/mol. The number of hydrogen-bond acceptors (Lipinski definition) is 5. The van der Waals surface area contributed by atoms with Gasteiger partial charge in [0.2, 0.25) is 0 Å². The quantitative estimate of drug-likeness (QED) is 0.804. The van der Waals surface area contributed by atoms with Gasteiger partial charge in [0.1, 0.15) is 5.82 Å². The van der Waals surface area contributed by atoms with E-state index in [0.717, 1.165) is 5.82 Å². The molecule has 2 aromatic rings. The van der Waals surface area contributed by atoms with Crippen LogP contribution in [0.2, 0.25) is 0 Å². The fourth-order valence-electron chi connectivity index (χ4n) is 1.37. The Bertz CT molecular complexity index is 522. The minimum atomic E-state index is 0.542. The molecule has 5 nitrogen and oxygen atoms in total. The van der Waals surface area contributed by atoms with Crippen molar-refractivity contribution >= 4 is 24.1 Å². The summed E-state index contributed by atoms with van der Waals surface area (Å²) in [6, 6.07) is 11.3. The van der Waals surface area contributed by atoms with Crippen LogP contribution in [0.3, 0.4) is 0 Å². The zero-order valence-electron chi connectivity index (χ0n) is 10.5. The van der Waals surface area contributed by atoms with Crippen molar-refractivity contribution in [3.05, 3.63) is 48.8 Å². The summed E-state index contributed by atoms with van der Waals surface area (Å²) in [6.45, 7) is 1.19. The second kappa shape index (κ2) is 7.71. The third kappa shape index (κ3) is 5.08. The summed E-state index contributed by atoms with van der Waals surface area (Å²) in [5, 5.41) is 3.14. The molecule has 0 aromatic carbocycles. The zero-order valence-corrected chi connectivity index (χ0v) is 10.5. The van der Waals surface area contributed by atoms with E-state index in [1.54, 1.807) is 24.8 Å². The molecule has 0 spiro atoms. The molecular formula is C14H15N5. The Balaban J connectivity index is 1.66. The smallest absolute Gasteiger partial charge is 0.151 e. The lowest BCUT2D eigenvalue weighted by atomic mass is 10.4. The maximum atomic E-state index is 4.21. The average molecular weight is 253 g/mol. The average Bonchev–Trinajstić information content (AvgIpc) is 2.48. The van der Waals surface area contributed by atoms with Gasteiger partial charge in [-0.2, -0.15) is 0 Å². The van der Waals surface area contributed by atoms with Gasteiger partial charge in [-0.3, -0.25) is 4.99 Å². The molecule has 2 aromatic heterocycles. The van der Waals surface area contributed by atoms with E-state index >= 15 is 0 Å². The number of anilines is 1. The Hall–Kier alpha value is -2.56. The van der Waals surface area contributed by atoms with Crippen LogP contribution in [0.4, 0.5) is 11.6 Å². The van der Waals surface area contributed by atoms with E-state index in [1.165, 1.54) is 0 Å². The summed E-state index contributed by atoms with van der Waals surface area (Å²) >= 11 is 0. The molecule has 5 heteroatoms. The predicted molar refractivity (Wildman–Crippen MR) is 78.5 cm³/mol. The summed E-state index contributed by atoms with van der Waals surface area (Å²) in [7, 11) is 0. The van der Waals surface area contributed by atoms with Gasteiger partial charge in [0.15, 0.2) is 5.82 Å². The number of nitrogens with one attached hydrogen (secondary N) is 1.